The number of likely N-dealkylation sites (N-methyl/N-ethyl adjacent to an activating group) is 1. The van der Waals surface area contributed by atoms with E-state index in [0.717, 1.165) is 25.6 Å². The van der Waals surface area contributed by atoms with Crippen molar-refractivity contribution in [2.75, 3.05) is 26.7 Å². The van der Waals surface area contributed by atoms with E-state index in [0.29, 0.717) is 11.8 Å². The predicted octanol–water partition coefficient (Wildman–Crippen LogP) is 1.56. The largest absolute Gasteiger partial charge is 0.480 e. The van der Waals surface area contributed by atoms with Gasteiger partial charge in [0.15, 0.2) is 0 Å². The number of carboxylic acids is 1. The van der Waals surface area contributed by atoms with Crippen LogP contribution in [-0.4, -0.2) is 48.7 Å². The smallest absolute Gasteiger partial charge is 0.320 e. The van der Waals surface area contributed by atoms with Crippen molar-refractivity contribution in [2.24, 2.45) is 11.3 Å². The molecule has 1 atom stereocenters. The molecule has 4 heteroatoms. The van der Waals surface area contributed by atoms with E-state index in [1.807, 2.05) is 0 Å². The van der Waals surface area contributed by atoms with E-state index in [4.69, 9.17) is 5.11 Å². The highest BCUT2D eigenvalue weighted by atomic mass is 16.4. The fraction of sp³-hybridized carbons (Fsp3) is 0.929. The van der Waals surface area contributed by atoms with Crippen LogP contribution in [0.4, 0.5) is 0 Å². The van der Waals surface area contributed by atoms with Gasteiger partial charge in [-0.05, 0) is 63.6 Å². The maximum atomic E-state index is 10.9. The number of likely N-dealkylation sites (tertiary alicyclic amines) is 1. The number of nitrogens with zero attached hydrogens (tertiary/aromatic N) is 1. The highest BCUT2D eigenvalue weighted by Gasteiger charge is 2.43. The lowest BCUT2D eigenvalue weighted by molar-refractivity contribution is -0.139. The Labute approximate surface area is 110 Å². The van der Waals surface area contributed by atoms with Gasteiger partial charge < -0.3 is 15.3 Å². The monoisotopic (exact) mass is 254 g/mol. The SMILES string of the molecule is CNC(CCN1CCC2(CC1)CC(C)C2)C(=O)O. The molecule has 0 bridgehead atoms. The molecule has 1 saturated heterocycles. The lowest BCUT2D eigenvalue weighted by atomic mass is 9.58. The Kier molecular flexibility index (Phi) is 4.28. The molecule has 0 aromatic rings. The summed E-state index contributed by atoms with van der Waals surface area (Å²) in [5.74, 6) is 0.191. The van der Waals surface area contributed by atoms with Crippen LogP contribution in [-0.2, 0) is 4.79 Å². The van der Waals surface area contributed by atoms with Crippen molar-refractivity contribution in [3.63, 3.8) is 0 Å². The van der Waals surface area contributed by atoms with E-state index in [9.17, 15) is 4.79 Å². The van der Waals surface area contributed by atoms with Gasteiger partial charge >= 0.3 is 5.97 Å². The fourth-order valence-corrected chi connectivity index (χ4v) is 3.78. The topological polar surface area (TPSA) is 52.6 Å². The molecule has 1 aliphatic heterocycles. The first-order valence-electron chi connectivity index (χ1n) is 7.17. The van der Waals surface area contributed by atoms with Gasteiger partial charge in [-0.15, -0.1) is 0 Å². The molecule has 4 nitrogen and oxygen atoms in total. The number of carboxylic acid groups (broad SMARTS) is 1. The molecular formula is C14H26N2O2. The fourth-order valence-electron chi connectivity index (χ4n) is 3.78. The average molecular weight is 254 g/mol. The molecule has 0 aromatic carbocycles. The average Bonchev–Trinajstić information content (AvgIpc) is 2.30. The number of piperidine rings is 1. The molecule has 2 aliphatic rings. The van der Waals surface area contributed by atoms with Crippen molar-refractivity contribution in [3.8, 4) is 0 Å². The van der Waals surface area contributed by atoms with Gasteiger partial charge in [0.2, 0.25) is 0 Å². The van der Waals surface area contributed by atoms with E-state index in [1.165, 1.54) is 25.7 Å². The molecule has 1 heterocycles. The molecule has 0 aromatic heterocycles. The summed E-state index contributed by atoms with van der Waals surface area (Å²) in [5, 5.41) is 11.8. The van der Waals surface area contributed by atoms with Gasteiger partial charge in [-0.3, -0.25) is 4.79 Å². The molecule has 2 rings (SSSR count). The van der Waals surface area contributed by atoms with Gasteiger partial charge in [0.25, 0.3) is 0 Å². The summed E-state index contributed by atoms with van der Waals surface area (Å²) in [5.41, 5.74) is 0.658. The Bertz CT molecular complexity index is 290. The Morgan fingerprint density at radius 1 is 1.44 bits per heavy atom. The molecule has 2 N–H and O–H groups in total. The minimum atomic E-state index is -0.737. The molecule has 1 spiro atoms. The standard InChI is InChI=1S/C14H26N2O2/c1-11-9-14(10-11)4-7-16(8-5-14)6-3-12(15-2)13(17)18/h11-12,15H,3-10H2,1-2H3,(H,17,18). The van der Waals surface area contributed by atoms with Crippen LogP contribution in [0.15, 0.2) is 0 Å². The van der Waals surface area contributed by atoms with Gasteiger partial charge in [0.1, 0.15) is 6.04 Å². The van der Waals surface area contributed by atoms with Gasteiger partial charge in [-0.25, -0.2) is 0 Å². The summed E-state index contributed by atoms with van der Waals surface area (Å²) in [4.78, 5) is 13.3. The van der Waals surface area contributed by atoms with Crippen molar-refractivity contribution in [1.29, 1.82) is 0 Å². The molecule has 1 aliphatic carbocycles. The highest BCUT2D eigenvalue weighted by molar-refractivity contribution is 5.73. The summed E-state index contributed by atoms with van der Waals surface area (Å²) in [6, 6.07) is -0.399. The summed E-state index contributed by atoms with van der Waals surface area (Å²) < 4.78 is 0. The molecule has 104 valence electrons. The Balaban J connectivity index is 1.69. The second-order valence-corrected chi connectivity index (χ2v) is 6.32. The second-order valence-electron chi connectivity index (χ2n) is 6.32. The summed E-state index contributed by atoms with van der Waals surface area (Å²) in [6.07, 6.45) is 6.16. The third kappa shape index (κ3) is 3.04. The van der Waals surface area contributed by atoms with Gasteiger partial charge in [-0.1, -0.05) is 6.92 Å². The van der Waals surface area contributed by atoms with Crippen molar-refractivity contribution >= 4 is 5.97 Å². The maximum Gasteiger partial charge on any atom is 0.320 e. The van der Waals surface area contributed by atoms with Crippen LogP contribution < -0.4 is 5.32 Å². The summed E-state index contributed by atoms with van der Waals surface area (Å²) in [6.45, 7) is 5.57. The normalized spacial score (nSPS) is 25.9. The predicted molar refractivity (Wildman–Crippen MR) is 71.6 cm³/mol. The zero-order valence-electron chi connectivity index (χ0n) is 11.6. The van der Waals surface area contributed by atoms with Gasteiger partial charge in [0.05, 0.1) is 0 Å². The van der Waals surface area contributed by atoms with Crippen molar-refractivity contribution in [2.45, 2.75) is 45.1 Å². The molecule has 1 saturated carbocycles. The summed E-state index contributed by atoms with van der Waals surface area (Å²) >= 11 is 0. The third-order valence-electron chi connectivity index (χ3n) is 4.86. The maximum absolute atomic E-state index is 10.9. The van der Waals surface area contributed by atoms with E-state index in [1.54, 1.807) is 7.05 Å². The quantitative estimate of drug-likeness (QED) is 0.782. The lowest BCUT2D eigenvalue weighted by Crippen LogP contribution is -2.47. The van der Waals surface area contributed by atoms with E-state index < -0.39 is 12.0 Å². The number of aliphatic carboxylic acids is 1. The number of hydrogen-bond acceptors (Lipinski definition) is 3. The zero-order valence-corrected chi connectivity index (χ0v) is 11.6. The highest BCUT2D eigenvalue weighted by Crippen LogP contribution is 2.52. The molecular weight excluding hydrogens is 228 g/mol. The minimum absolute atomic E-state index is 0.399. The first-order valence-corrected chi connectivity index (χ1v) is 7.17. The van der Waals surface area contributed by atoms with Crippen LogP contribution in [0.3, 0.4) is 0 Å². The van der Waals surface area contributed by atoms with Crippen molar-refractivity contribution < 1.29 is 9.90 Å². The van der Waals surface area contributed by atoms with E-state index in [-0.39, 0.29) is 0 Å². The second kappa shape index (κ2) is 5.57. The number of hydrogen-bond donors (Lipinski definition) is 2. The zero-order chi connectivity index (χ0) is 13.2. The van der Waals surface area contributed by atoms with Crippen LogP contribution in [0.2, 0.25) is 0 Å². The van der Waals surface area contributed by atoms with Crippen molar-refractivity contribution in [3.05, 3.63) is 0 Å². The number of carbonyl (C=O) groups is 1. The lowest BCUT2D eigenvalue weighted by Gasteiger charge is -2.51. The minimum Gasteiger partial charge on any atom is -0.480 e. The first kappa shape index (κ1) is 13.8. The first-order chi connectivity index (χ1) is 8.54. The third-order valence-corrected chi connectivity index (χ3v) is 4.86. The Morgan fingerprint density at radius 3 is 2.50 bits per heavy atom. The van der Waals surface area contributed by atoms with Crippen LogP contribution in [0.1, 0.15) is 39.0 Å². The van der Waals surface area contributed by atoms with Crippen molar-refractivity contribution in [1.82, 2.24) is 10.2 Å². The molecule has 18 heavy (non-hydrogen) atoms. The Morgan fingerprint density at radius 2 is 2.06 bits per heavy atom. The van der Waals surface area contributed by atoms with Crippen LogP contribution in [0.25, 0.3) is 0 Å². The van der Waals surface area contributed by atoms with E-state index in [2.05, 4.69) is 17.1 Å². The van der Waals surface area contributed by atoms with Gasteiger partial charge in [0, 0.05) is 6.54 Å². The van der Waals surface area contributed by atoms with Crippen LogP contribution >= 0.6 is 0 Å². The van der Waals surface area contributed by atoms with Crippen LogP contribution in [0.5, 0.6) is 0 Å². The molecule has 2 fully saturated rings. The number of nitrogens with one attached hydrogen (secondary N) is 1. The van der Waals surface area contributed by atoms with Gasteiger partial charge in [-0.2, -0.15) is 0 Å². The molecule has 0 radical (unpaired) electrons. The van der Waals surface area contributed by atoms with Crippen LogP contribution in [0, 0.1) is 11.3 Å². The summed E-state index contributed by atoms with van der Waals surface area (Å²) in [7, 11) is 1.72. The molecule has 1 unspecified atom stereocenters. The van der Waals surface area contributed by atoms with E-state index >= 15 is 0 Å². The Hall–Kier alpha value is -0.610. The molecule has 0 amide bonds. The number of rotatable bonds is 5.